The zero-order valence-electron chi connectivity index (χ0n) is 13.5. The van der Waals surface area contributed by atoms with Gasteiger partial charge < -0.3 is 14.7 Å². The maximum Gasteiger partial charge on any atom is 0.317 e. The number of aliphatic carboxylic acids is 1. The Balaban J connectivity index is 2.19. The van der Waals surface area contributed by atoms with Crippen LogP contribution in [0.5, 0.6) is 0 Å². The summed E-state index contributed by atoms with van der Waals surface area (Å²) >= 11 is 0. The molecule has 0 aliphatic carbocycles. The van der Waals surface area contributed by atoms with Crippen LogP contribution in [-0.4, -0.2) is 30.1 Å². The highest BCUT2D eigenvalue weighted by atomic mass is 16.5. The number of rotatable bonds is 4. The molecule has 1 N–H and O–H groups in total. The molecular formula is C19H17NO5. The van der Waals surface area contributed by atoms with Crippen LogP contribution >= 0.6 is 0 Å². The highest BCUT2D eigenvalue weighted by Crippen LogP contribution is 2.45. The maximum absolute atomic E-state index is 12.9. The van der Waals surface area contributed by atoms with E-state index in [-0.39, 0.29) is 0 Å². The lowest BCUT2D eigenvalue weighted by Crippen LogP contribution is -2.32. The SMILES string of the molecule is COC(=O)[C@H]1[C@H](C(=O)O)C(=O)N(c2ccccc2)[C@@H]1c1ccccc1. The summed E-state index contributed by atoms with van der Waals surface area (Å²) in [4.78, 5) is 38.4. The Labute approximate surface area is 144 Å². The van der Waals surface area contributed by atoms with Gasteiger partial charge in [-0.3, -0.25) is 14.4 Å². The number of carbonyl (C=O) groups excluding carboxylic acids is 2. The van der Waals surface area contributed by atoms with Crippen LogP contribution in [0, 0.1) is 11.8 Å². The van der Waals surface area contributed by atoms with Gasteiger partial charge in [-0.1, -0.05) is 48.5 Å². The molecule has 1 saturated heterocycles. The minimum atomic E-state index is -1.49. The molecule has 0 bridgehead atoms. The second kappa shape index (κ2) is 6.76. The number of nitrogens with zero attached hydrogens (tertiary/aromatic N) is 1. The van der Waals surface area contributed by atoms with Gasteiger partial charge in [-0.05, 0) is 17.7 Å². The van der Waals surface area contributed by atoms with Gasteiger partial charge >= 0.3 is 11.9 Å². The molecular weight excluding hydrogens is 322 g/mol. The van der Waals surface area contributed by atoms with E-state index in [1.54, 1.807) is 54.6 Å². The Morgan fingerprint density at radius 1 is 1.00 bits per heavy atom. The topological polar surface area (TPSA) is 83.9 Å². The number of carboxylic acids is 1. The third-order valence-electron chi connectivity index (χ3n) is 4.40. The van der Waals surface area contributed by atoms with Crippen LogP contribution in [0.1, 0.15) is 11.6 Å². The van der Waals surface area contributed by atoms with Crippen LogP contribution in [0.3, 0.4) is 0 Å². The molecule has 1 fully saturated rings. The van der Waals surface area contributed by atoms with Crippen LogP contribution in [0.25, 0.3) is 0 Å². The van der Waals surface area contributed by atoms with Gasteiger partial charge in [0.15, 0.2) is 5.92 Å². The zero-order chi connectivity index (χ0) is 18.0. The van der Waals surface area contributed by atoms with E-state index in [1.165, 1.54) is 12.0 Å². The molecule has 0 unspecified atom stereocenters. The number of hydrogen-bond acceptors (Lipinski definition) is 4. The molecule has 6 heteroatoms. The van der Waals surface area contributed by atoms with E-state index in [4.69, 9.17) is 4.74 Å². The first-order valence-electron chi connectivity index (χ1n) is 7.80. The Morgan fingerprint density at radius 2 is 1.56 bits per heavy atom. The van der Waals surface area contributed by atoms with Crippen LogP contribution in [0.4, 0.5) is 5.69 Å². The summed E-state index contributed by atoms with van der Waals surface area (Å²) in [5.74, 6) is -5.29. The molecule has 0 radical (unpaired) electrons. The average Bonchev–Trinajstić information content (AvgIpc) is 2.95. The summed E-state index contributed by atoms with van der Waals surface area (Å²) in [6.45, 7) is 0. The fourth-order valence-corrected chi connectivity index (χ4v) is 3.33. The molecule has 3 atom stereocenters. The van der Waals surface area contributed by atoms with Crippen molar-refractivity contribution in [1.29, 1.82) is 0 Å². The molecule has 128 valence electrons. The molecule has 0 saturated carbocycles. The van der Waals surface area contributed by atoms with E-state index in [0.29, 0.717) is 11.3 Å². The van der Waals surface area contributed by atoms with Crippen molar-refractivity contribution in [2.45, 2.75) is 6.04 Å². The molecule has 1 aliphatic heterocycles. The van der Waals surface area contributed by atoms with E-state index in [0.717, 1.165) is 0 Å². The van der Waals surface area contributed by atoms with Crippen LogP contribution < -0.4 is 4.90 Å². The van der Waals surface area contributed by atoms with Crippen molar-refractivity contribution < 1.29 is 24.2 Å². The summed E-state index contributed by atoms with van der Waals surface area (Å²) in [5.41, 5.74) is 1.22. The van der Waals surface area contributed by atoms with Crippen molar-refractivity contribution in [3.05, 3.63) is 66.2 Å². The lowest BCUT2D eigenvalue weighted by atomic mass is 9.86. The fourth-order valence-electron chi connectivity index (χ4n) is 3.33. The van der Waals surface area contributed by atoms with Crippen LogP contribution in [0.15, 0.2) is 60.7 Å². The van der Waals surface area contributed by atoms with Crippen LogP contribution in [-0.2, 0) is 19.1 Å². The minimum absolute atomic E-state index is 0.541. The summed E-state index contributed by atoms with van der Waals surface area (Å²) in [5, 5.41) is 9.57. The lowest BCUT2D eigenvalue weighted by molar-refractivity contribution is -0.156. The standard InChI is InChI=1S/C19H17NO5/c1-25-19(24)14-15(18(22)23)17(21)20(13-10-6-3-7-11-13)16(14)12-8-4-2-5-9-12/h2-11,14-16H,1H3,(H,22,23)/t14-,15-,16+/m0/s1. The highest BCUT2D eigenvalue weighted by molar-refractivity contribution is 6.12. The molecule has 1 aliphatic rings. The molecule has 1 heterocycles. The normalized spacial score (nSPS) is 22.7. The quantitative estimate of drug-likeness (QED) is 0.682. The fraction of sp³-hybridized carbons (Fsp3) is 0.211. The maximum atomic E-state index is 12.9. The molecule has 0 spiro atoms. The van der Waals surface area contributed by atoms with Gasteiger partial charge in [0.05, 0.1) is 13.2 Å². The van der Waals surface area contributed by atoms with Gasteiger partial charge in [0.25, 0.3) is 0 Å². The van der Waals surface area contributed by atoms with Crippen LogP contribution in [0.2, 0.25) is 0 Å². The highest BCUT2D eigenvalue weighted by Gasteiger charge is 2.56. The van der Waals surface area contributed by atoms with Gasteiger partial charge in [0, 0.05) is 5.69 Å². The van der Waals surface area contributed by atoms with Crippen molar-refractivity contribution in [2.24, 2.45) is 11.8 Å². The minimum Gasteiger partial charge on any atom is -0.481 e. The molecule has 25 heavy (non-hydrogen) atoms. The van der Waals surface area contributed by atoms with Gasteiger partial charge in [0.1, 0.15) is 5.92 Å². The molecule has 0 aromatic heterocycles. The van der Waals surface area contributed by atoms with Gasteiger partial charge in [-0.2, -0.15) is 0 Å². The van der Waals surface area contributed by atoms with Crippen molar-refractivity contribution in [3.8, 4) is 0 Å². The third-order valence-corrected chi connectivity index (χ3v) is 4.40. The zero-order valence-corrected chi connectivity index (χ0v) is 13.5. The number of amides is 1. The lowest BCUT2D eigenvalue weighted by Gasteiger charge is -2.27. The molecule has 6 nitrogen and oxygen atoms in total. The summed E-state index contributed by atoms with van der Waals surface area (Å²) in [6.07, 6.45) is 0. The Morgan fingerprint density at radius 3 is 2.08 bits per heavy atom. The van der Waals surface area contributed by atoms with E-state index < -0.39 is 35.7 Å². The second-order valence-electron chi connectivity index (χ2n) is 5.76. The van der Waals surface area contributed by atoms with E-state index >= 15 is 0 Å². The largest absolute Gasteiger partial charge is 0.481 e. The first kappa shape index (κ1) is 16.7. The molecule has 2 aromatic rings. The number of benzene rings is 2. The summed E-state index contributed by atoms with van der Waals surface area (Å²) < 4.78 is 4.82. The summed E-state index contributed by atoms with van der Waals surface area (Å²) in [6, 6.07) is 16.9. The molecule has 3 rings (SSSR count). The Kier molecular flexibility index (Phi) is 4.52. The smallest absolute Gasteiger partial charge is 0.317 e. The van der Waals surface area contributed by atoms with Gasteiger partial charge in [-0.25, -0.2) is 0 Å². The number of esters is 1. The average molecular weight is 339 g/mol. The first-order valence-corrected chi connectivity index (χ1v) is 7.80. The van der Waals surface area contributed by atoms with Gasteiger partial charge in [-0.15, -0.1) is 0 Å². The van der Waals surface area contributed by atoms with Crippen molar-refractivity contribution >= 4 is 23.5 Å². The predicted octanol–water partition coefficient (Wildman–Crippen LogP) is 2.26. The summed E-state index contributed by atoms with van der Waals surface area (Å²) in [7, 11) is 1.19. The van der Waals surface area contributed by atoms with Crippen molar-refractivity contribution in [3.63, 3.8) is 0 Å². The van der Waals surface area contributed by atoms with Crippen molar-refractivity contribution in [1.82, 2.24) is 0 Å². The predicted molar refractivity (Wildman–Crippen MR) is 89.7 cm³/mol. The number of carboxylic acid groups (broad SMARTS) is 1. The van der Waals surface area contributed by atoms with Gasteiger partial charge in [0.2, 0.25) is 5.91 Å². The molecule has 1 amide bonds. The Hall–Kier alpha value is -3.15. The number of ether oxygens (including phenoxy) is 1. The number of carbonyl (C=O) groups is 3. The monoisotopic (exact) mass is 339 g/mol. The van der Waals surface area contributed by atoms with E-state index in [2.05, 4.69) is 0 Å². The second-order valence-corrected chi connectivity index (χ2v) is 5.76. The third kappa shape index (κ3) is 2.87. The Bertz CT molecular complexity index is 790. The van der Waals surface area contributed by atoms with E-state index in [1.807, 2.05) is 6.07 Å². The number of methoxy groups -OCH3 is 1. The number of hydrogen-bond donors (Lipinski definition) is 1. The van der Waals surface area contributed by atoms with Crippen molar-refractivity contribution in [2.75, 3.05) is 12.0 Å². The number of anilines is 1. The first-order chi connectivity index (χ1) is 12.1. The number of para-hydroxylation sites is 1. The van der Waals surface area contributed by atoms with E-state index in [9.17, 15) is 19.5 Å². The molecule has 2 aromatic carbocycles.